The molecule has 0 aliphatic rings. The zero-order chi connectivity index (χ0) is 14.0. The molecular formula is C13H15ClN4O. The third kappa shape index (κ3) is 2.76. The van der Waals surface area contributed by atoms with E-state index in [9.17, 15) is 4.79 Å². The van der Waals surface area contributed by atoms with Crippen molar-refractivity contribution in [2.75, 3.05) is 11.9 Å². The molecule has 0 saturated carbocycles. The first-order valence-electron chi connectivity index (χ1n) is 5.86. The van der Waals surface area contributed by atoms with Gasteiger partial charge in [0.1, 0.15) is 0 Å². The van der Waals surface area contributed by atoms with Crippen LogP contribution in [0.2, 0.25) is 5.15 Å². The molecular weight excluding hydrogens is 264 g/mol. The summed E-state index contributed by atoms with van der Waals surface area (Å²) in [6.45, 7) is 3.92. The minimum absolute atomic E-state index is 0.357. The Bertz CT molecular complexity index is 627. The predicted molar refractivity (Wildman–Crippen MR) is 76.0 cm³/mol. The van der Waals surface area contributed by atoms with Crippen molar-refractivity contribution in [3.8, 4) is 0 Å². The van der Waals surface area contributed by atoms with E-state index in [0.717, 1.165) is 10.8 Å². The van der Waals surface area contributed by atoms with E-state index in [4.69, 9.17) is 17.3 Å². The second-order valence-electron chi connectivity index (χ2n) is 4.99. The molecule has 0 aliphatic heterocycles. The number of amides is 1. The maximum Gasteiger partial charge on any atom is 0.224 e. The number of fused-ring (bicyclic) bond motifs is 1. The van der Waals surface area contributed by atoms with E-state index in [2.05, 4.69) is 15.5 Å². The lowest BCUT2D eigenvalue weighted by Gasteiger charge is -2.21. The van der Waals surface area contributed by atoms with Crippen LogP contribution in [-0.2, 0) is 4.79 Å². The number of hydrogen-bond acceptors (Lipinski definition) is 4. The van der Waals surface area contributed by atoms with E-state index < -0.39 is 5.41 Å². The summed E-state index contributed by atoms with van der Waals surface area (Å²) in [4.78, 5) is 11.3. The number of nitrogens with one attached hydrogen (secondary N) is 1. The Morgan fingerprint density at radius 3 is 2.58 bits per heavy atom. The average Bonchev–Trinajstić information content (AvgIpc) is 2.38. The molecule has 0 atom stereocenters. The first kappa shape index (κ1) is 13.5. The van der Waals surface area contributed by atoms with E-state index >= 15 is 0 Å². The van der Waals surface area contributed by atoms with Gasteiger partial charge in [-0.3, -0.25) is 4.79 Å². The van der Waals surface area contributed by atoms with Crippen LogP contribution in [0.5, 0.6) is 0 Å². The molecule has 5 nitrogen and oxygen atoms in total. The van der Waals surface area contributed by atoms with Gasteiger partial charge in [-0.2, -0.15) is 0 Å². The second-order valence-corrected chi connectivity index (χ2v) is 5.34. The van der Waals surface area contributed by atoms with Gasteiger partial charge in [0.25, 0.3) is 0 Å². The fourth-order valence-corrected chi connectivity index (χ4v) is 1.80. The van der Waals surface area contributed by atoms with Gasteiger partial charge >= 0.3 is 0 Å². The molecule has 100 valence electrons. The highest BCUT2D eigenvalue weighted by atomic mass is 35.5. The summed E-state index contributed by atoms with van der Waals surface area (Å²) in [5.74, 6) is 0.223. The minimum atomic E-state index is -0.664. The SMILES string of the molecule is CC(C)(CNc1nnc(Cl)c2ccccc12)C(N)=O. The van der Waals surface area contributed by atoms with Crippen molar-refractivity contribution in [1.82, 2.24) is 10.2 Å². The summed E-state index contributed by atoms with van der Waals surface area (Å²) in [6.07, 6.45) is 0. The molecule has 0 radical (unpaired) electrons. The van der Waals surface area contributed by atoms with Crippen molar-refractivity contribution in [3.05, 3.63) is 29.4 Å². The smallest absolute Gasteiger partial charge is 0.224 e. The van der Waals surface area contributed by atoms with Crippen molar-refractivity contribution in [3.63, 3.8) is 0 Å². The van der Waals surface area contributed by atoms with Crippen LogP contribution in [0.1, 0.15) is 13.8 Å². The fraction of sp³-hybridized carbons (Fsp3) is 0.308. The van der Waals surface area contributed by atoms with Crippen LogP contribution in [-0.4, -0.2) is 22.6 Å². The topological polar surface area (TPSA) is 80.9 Å². The Labute approximate surface area is 116 Å². The number of primary amides is 1. The number of halogens is 1. The van der Waals surface area contributed by atoms with E-state index in [-0.39, 0.29) is 5.91 Å². The molecule has 0 unspecified atom stereocenters. The van der Waals surface area contributed by atoms with Crippen LogP contribution in [0.25, 0.3) is 10.8 Å². The average molecular weight is 279 g/mol. The van der Waals surface area contributed by atoms with E-state index in [1.165, 1.54) is 0 Å². The molecule has 0 bridgehead atoms. The summed E-state index contributed by atoms with van der Waals surface area (Å²) in [5.41, 5.74) is 4.67. The van der Waals surface area contributed by atoms with Gasteiger partial charge in [0, 0.05) is 17.3 Å². The van der Waals surface area contributed by atoms with Crippen molar-refractivity contribution in [2.45, 2.75) is 13.8 Å². The maximum atomic E-state index is 11.3. The number of benzene rings is 1. The molecule has 1 aromatic carbocycles. The normalized spacial score (nSPS) is 11.5. The molecule has 2 rings (SSSR count). The van der Waals surface area contributed by atoms with Gasteiger partial charge in [0.15, 0.2) is 11.0 Å². The Morgan fingerprint density at radius 2 is 1.95 bits per heavy atom. The van der Waals surface area contributed by atoms with Gasteiger partial charge in [-0.1, -0.05) is 35.9 Å². The predicted octanol–water partition coefficient (Wildman–Crippen LogP) is 2.21. The number of carbonyl (C=O) groups is 1. The molecule has 1 amide bonds. The van der Waals surface area contributed by atoms with Crippen LogP contribution in [0.3, 0.4) is 0 Å². The lowest BCUT2D eigenvalue weighted by atomic mass is 9.93. The fourth-order valence-electron chi connectivity index (χ4n) is 1.59. The lowest BCUT2D eigenvalue weighted by molar-refractivity contribution is -0.125. The number of nitrogens with zero attached hydrogens (tertiary/aromatic N) is 2. The van der Waals surface area contributed by atoms with Crippen LogP contribution >= 0.6 is 11.6 Å². The van der Waals surface area contributed by atoms with Gasteiger partial charge in [0.2, 0.25) is 5.91 Å². The molecule has 3 N–H and O–H groups in total. The maximum absolute atomic E-state index is 11.3. The van der Waals surface area contributed by atoms with Gasteiger partial charge in [-0.25, -0.2) is 0 Å². The van der Waals surface area contributed by atoms with E-state index in [1.54, 1.807) is 13.8 Å². The highest BCUT2D eigenvalue weighted by Gasteiger charge is 2.25. The van der Waals surface area contributed by atoms with Gasteiger partial charge in [-0.15, -0.1) is 10.2 Å². The molecule has 1 heterocycles. The van der Waals surface area contributed by atoms with Gasteiger partial charge < -0.3 is 11.1 Å². The molecule has 1 aromatic heterocycles. The Balaban J connectivity index is 2.32. The molecule has 0 spiro atoms. The Kier molecular flexibility index (Phi) is 3.57. The molecule has 0 fully saturated rings. The summed E-state index contributed by atoms with van der Waals surface area (Å²) in [5, 5.41) is 13.1. The zero-order valence-corrected chi connectivity index (χ0v) is 11.5. The summed E-state index contributed by atoms with van der Waals surface area (Å²) < 4.78 is 0. The monoisotopic (exact) mass is 278 g/mol. The van der Waals surface area contributed by atoms with Crippen LogP contribution in [0, 0.1) is 5.41 Å². The van der Waals surface area contributed by atoms with E-state index in [0.29, 0.717) is 17.5 Å². The quantitative estimate of drug-likeness (QED) is 0.898. The van der Waals surface area contributed by atoms with Crippen molar-refractivity contribution >= 4 is 34.1 Å². The minimum Gasteiger partial charge on any atom is -0.369 e. The first-order chi connectivity index (χ1) is 8.92. The van der Waals surface area contributed by atoms with Crippen molar-refractivity contribution in [2.24, 2.45) is 11.1 Å². The summed E-state index contributed by atoms with van der Waals surface area (Å²) in [7, 11) is 0. The molecule has 6 heteroatoms. The summed E-state index contributed by atoms with van der Waals surface area (Å²) in [6, 6.07) is 7.55. The lowest BCUT2D eigenvalue weighted by Crippen LogP contribution is -2.37. The molecule has 2 aromatic rings. The number of hydrogen-bond donors (Lipinski definition) is 2. The third-order valence-corrected chi connectivity index (χ3v) is 3.29. The third-order valence-electron chi connectivity index (χ3n) is 3.01. The van der Waals surface area contributed by atoms with Crippen LogP contribution in [0.4, 0.5) is 5.82 Å². The Morgan fingerprint density at radius 1 is 1.32 bits per heavy atom. The van der Waals surface area contributed by atoms with Crippen molar-refractivity contribution in [1.29, 1.82) is 0 Å². The largest absolute Gasteiger partial charge is 0.369 e. The first-order valence-corrected chi connectivity index (χ1v) is 6.24. The number of anilines is 1. The number of rotatable bonds is 4. The molecule has 19 heavy (non-hydrogen) atoms. The number of aromatic nitrogens is 2. The highest BCUT2D eigenvalue weighted by Crippen LogP contribution is 2.26. The second kappa shape index (κ2) is 5.01. The van der Waals surface area contributed by atoms with Gasteiger partial charge in [0.05, 0.1) is 5.41 Å². The zero-order valence-electron chi connectivity index (χ0n) is 10.8. The van der Waals surface area contributed by atoms with Crippen molar-refractivity contribution < 1.29 is 4.79 Å². The highest BCUT2D eigenvalue weighted by molar-refractivity contribution is 6.34. The number of nitrogens with two attached hydrogens (primary N) is 1. The Hall–Kier alpha value is -1.88. The number of carbonyl (C=O) groups excluding carboxylic acids is 1. The van der Waals surface area contributed by atoms with Crippen LogP contribution < -0.4 is 11.1 Å². The van der Waals surface area contributed by atoms with Gasteiger partial charge in [-0.05, 0) is 13.8 Å². The molecule has 0 aliphatic carbocycles. The summed E-state index contributed by atoms with van der Waals surface area (Å²) >= 11 is 5.99. The van der Waals surface area contributed by atoms with E-state index in [1.807, 2.05) is 24.3 Å². The standard InChI is InChI=1S/C13H15ClN4O/c1-13(2,12(15)19)7-16-11-9-6-4-3-5-8(9)10(14)17-18-11/h3-6H,7H2,1-2H3,(H2,15,19)(H,16,18). The molecule has 0 saturated heterocycles. The van der Waals surface area contributed by atoms with Crippen LogP contribution in [0.15, 0.2) is 24.3 Å².